The first kappa shape index (κ1) is 15.5. The molecule has 0 saturated heterocycles. The van der Waals surface area contributed by atoms with Crippen LogP contribution in [0.1, 0.15) is 16.8 Å². The van der Waals surface area contributed by atoms with Crippen molar-refractivity contribution in [3.05, 3.63) is 59.1 Å². The smallest absolute Gasteiger partial charge is 0.255 e. The fraction of sp³-hybridized carbons (Fsp3) is 0.0625. The highest BCUT2D eigenvalue weighted by atomic mass is 35.5. The van der Waals surface area contributed by atoms with Crippen LogP contribution in [0.15, 0.2) is 48.5 Å². The molecule has 2 aromatic carbocycles. The van der Waals surface area contributed by atoms with Crippen molar-refractivity contribution in [2.75, 3.05) is 10.6 Å². The maximum absolute atomic E-state index is 12.1. The van der Waals surface area contributed by atoms with Crippen LogP contribution in [0.3, 0.4) is 0 Å². The van der Waals surface area contributed by atoms with Crippen LogP contribution in [-0.4, -0.2) is 11.8 Å². The number of rotatable bonds is 4. The molecule has 0 atom stereocenters. The molecule has 0 radical (unpaired) electrons. The SMILES string of the molecule is N#CCC(=O)Nc1ccc(C(=O)Nc2ccc(Cl)cc2)cc1. The summed E-state index contributed by atoms with van der Waals surface area (Å²) >= 11 is 5.78. The molecule has 5 nitrogen and oxygen atoms in total. The molecule has 2 N–H and O–H groups in total. The Morgan fingerprint density at radius 2 is 1.50 bits per heavy atom. The van der Waals surface area contributed by atoms with E-state index in [1.165, 1.54) is 0 Å². The van der Waals surface area contributed by atoms with Gasteiger partial charge in [0.05, 0.1) is 6.07 Å². The van der Waals surface area contributed by atoms with E-state index >= 15 is 0 Å². The molecule has 0 saturated carbocycles. The van der Waals surface area contributed by atoms with E-state index in [-0.39, 0.29) is 18.2 Å². The zero-order chi connectivity index (χ0) is 15.9. The number of nitrogens with zero attached hydrogens (tertiary/aromatic N) is 1. The number of carbonyl (C=O) groups excluding carboxylic acids is 2. The van der Waals surface area contributed by atoms with Gasteiger partial charge in [0.1, 0.15) is 6.42 Å². The lowest BCUT2D eigenvalue weighted by atomic mass is 10.2. The number of anilines is 2. The molecule has 110 valence electrons. The number of nitrogens with one attached hydrogen (secondary N) is 2. The van der Waals surface area contributed by atoms with Gasteiger partial charge in [0, 0.05) is 22.0 Å². The van der Waals surface area contributed by atoms with E-state index < -0.39 is 0 Å². The van der Waals surface area contributed by atoms with Gasteiger partial charge in [-0.3, -0.25) is 9.59 Å². The molecule has 2 aromatic rings. The molecular weight excluding hydrogens is 302 g/mol. The first-order valence-corrected chi connectivity index (χ1v) is 6.80. The van der Waals surface area contributed by atoms with Crippen LogP contribution < -0.4 is 10.6 Å². The van der Waals surface area contributed by atoms with Gasteiger partial charge in [0.15, 0.2) is 0 Å². The Morgan fingerprint density at radius 1 is 0.955 bits per heavy atom. The Kier molecular flexibility index (Phi) is 5.12. The molecule has 0 aliphatic carbocycles. The lowest BCUT2D eigenvalue weighted by Gasteiger charge is -2.07. The van der Waals surface area contributed by atoms with Gasteiger partial charge in [0.2, 0.25) is 5.91 Å². The van der Waals surface area contributed by atoms with Gasteiger partial charge in [-0.2, -0.15) is 5.26 Å². The summed E-state index contributed by atoms with van der Waals surface area (Å²) in [7, 11) is 0. The highest BCUT2D eigenvalue weighted by Crippen LogP contribution is 2.15. The van der Waals surface area contributed by atoms with E-state index in [1.807, 2.05) is 0 Å². The van der Waals surface area contributed by atoms with Crippen LogP contribution >= 0.6 is 11.6 Å². The number of benzene rings is 2. The maximum Gasteiger partial charge on any atom is 0.255 e. The van der Waals surface area contributed by atoms with Crippen molar-refractivity contribution >= 4 is 34.8 Å². The van der Waals surface area contributed by atoms with E-state index in [9.17, 15) is 9.59 Å². The number of hydrogen-bond acceptors (Lipinski definition) is 3. The third-order valence-electron chi connectivity index (χ3n) is 2.77. The van der Waals surface area contributed by atoms with E-state index in [4.69, 9.17) is 16.9 Å². The topological polar surface area (TPSA) is 82.0 Å². The first-order valence-electron chi connectivity index (χ1n) is 6.42. The van der Waals surface area contributed by atoms with Crippen molar-refractivity contribution < 1.29 is 9.59 Å². The largest absolute Gasteiger partial charge is 0.325 e. The predicted octanol–water partition coefficient (Wildman–Crippen LogP) is 3.44. The van der Waals surface area contributed by atoms with Gasteiger partial charge in [-0.25, -0.2) is 0 Å². The zero-order valence-corrected chi connectivity index (χ0v) is 12.2. The molecule has 0 aliphatic heterocycles. The van der Waals surface area contributed by atoms with Gasteiger partial charge >= 0.3 is 0 Å². The summed E-state index contributed by atoms with van der Waals surface area (Å²) in [6.45, 7) is 0. The molecule has 0 aromatic heterocycles. The molecule has 6 heteroatoms. The Hall–Kier alpha value is -2.84. The Labute approximate surface area is 132 Å². The quantitative estimate of drug-likeness (QED) is 0.907. The minimum absolute atomic E-state index is 0.210. The van der Waals surface area contributed by atoms with Crippen LogP contribution in [0.25, 0.3) is 0 Å². The van der Waals surface area contributed by atoms with Crippen molar-refractivity contribution in [2.45, 2.75) is 6.42 Å². The van der Waals surface area contributed by atoms with Gasteiger partial charge in [0.25, 0.3) is 5.91 Å². The first-order chi connectivity index (χ1) is 10.6. The lowest BCUT2D eigenvalue weighted by Crippen LogP contribution is -2.13. The summed E-state index contributed by atoms with van der Waals surface area (Å²) in [4.78, 5) is 23.3. The van der Waals surface area contributed by atoms with Crippen molar-refractivity contribution in [1.29, 1.82) is 5.26 Å². The van der Waals surface area contributed by atoms with Gasteiger partial charge in [-0.15, -0.1) is 0 Å². The third kappa shape index (κ3) is 4.33. The summed E-state index contributed by atoms with van der Waals surface area (Å²) in [5.74, 6) is -0.655. The van der Waals surface area contributed by atoms with Crippen molar-refractivity contribution in [3.8, 4) is 6.07 Å². The van der Waals surface area contributed by atoms with Crippen molar-refractivity contribution in [3.63, 3.8) is 0 Å². The molecule has 0 unspecified atom stereocenters. The highest BCUT2D eigenvalue weighted by Gasteiger charge is 2.07. The fourth-order valence-corrected chi connectivity index (χ4v) is 1.84. The second-order valence-electron chi connectivity index (χ2n) is 4.42. The van der Waals surface area contributed by atoms with Crippen LogP contribution in [0.2, 0.25) is 5.02 Å². The van der Waals surface area contributed by atoms with Crippen molar-refractivity contribution in [1.82, 2.24) is 0 Å². The summed E-state index contributed by atoms with van der Waals surface area (Å²) < 4.78 is 0. The molecular formula is C16H12ClN3O2. The highest BCUT2D eigenvalue weighted by molar-refractivity contribution is 6.30. The molecule has 2 rings (SSSR count). The monoisotopic (exact) mass is 313 g/mol. The van der Waals surface area contributed by atoms with Crippen molar-refractivity contribution in [2.24, 2.45) is 0 Å². The summed E-state index contributed by atoms with van der Waals surface area (Å²) in [5, 5.41) is 14.3. The standard InChI is InChI=1S/C16H12ClN3O2/c17-12-3-7-14(8-4-12)20-16(22)11-1-5-13(6-2-11)19-15(21)9-10-18/h1-8H,9H2,(H,19,21)(H,20,22). The molecule has 22 heavy (non-hydrogen) atoms. The molecule has 0 heterocycles. The number of halogens is 1. The third-order valence-corrected chi connectivity index (χ3v) is 3.02. The van der Waals surface area contributed by atoms with E-state index in [0.29, 0.717) is 22.0 Å². The minimum Gasteiger partial charge on any atom is -0.325 e. The van der Waals surface area contributed by atoms with Gasteiger partial charge in [-0.1, -0.05) is 11.6 Å². The molecule has 2 amide bonds. The summed E-state index contributed by atoms with van der Waals surface area (Å²) in [6.07, 6.45) is -0.210. The van der Waals surface area contributed by atoms with E-state index in [1.54, 1.807) is 54.6 Å². The summed E-state index contributed by atoms with van der Waals surface area (Å²) in [5.41, 5.74) is 1.62. The van der Waals surface area contributed by atoms with Gasteiger partial charge in [-0.05, 0) is 48.5 Å². The second kappa shape index (κ2) is 7.25. The van der Waals surface area contributed by atoms with Crippen LogP contribution in [0.5, 0.6) is 0 Å². The average molecular weight is 314 g/mol. The number of hydrogen-bond donors (Lipinski definition) is 2. The number of nitriles is 1. The number of amides is 2. The second-order valence-corrected chi connectivity index (χ2v) is 4.86. The summed E-state index contributed by atoms with van der Waals surface area (Å²) in [6, 6.07) is 14.9. The average Bonchev–Trinajstić information content (AvgIpc) is 2.50. The van der Waals surface area contributed by atoms with E-state index in [0.717, 1.165) is 0 Å². The zero-order valence-electron chi connectivity index (χ0n) is 11.5. The van der Waals surface area contributed by atoms with Crippen LogP contribution in [0, 0.1) is 11.3 Å². The maximum atomic E-state index is 12.1. The molecule has 0 bridgehead atoms. The lowest BCUT2D eigenvalue weighted by molar-refractivity contribution is -0.115. The molecule has 0 fully saturated rings. The normalized spacial score (nSPS) is 9.64. The van der Waals surface area contributed by atoms with Gasteiger partial charge < -0.3 is 10.6 Å². The Morgan fingerprint density at radius 3 is 2.09 bits per heavy atom. The predicted molar refractivity (Wildman–Crippen MR) is 84.7 cm³/mol. The molecule has 0 aliphatic rings. The Bertz CT molecular complexity index is 719. The Balaban J connectivity index is 2.00. The fourth-order valence-electron chi connectivity index (χ4n) is 1.72. The van der Waals surface area contributed by atoms with Crippen LogP contribution in [0.4, 0.5) is 11.4 Å². The number of carbonyl (C=O) groups is 2. The van der Waals surface area contributed by atoms with Crippen LogP contribution in [-0.2, 0) is 4.79 Å². The van der Waals surface area contributed by atoms with E-state index in [2.05, 4.69) is 10.6 Å². The molecule has 0 spiro atoms. The minimum atomic E-state index is -0.388.